The van der Waals surface area contributed by atoms with Crippen LogP contribution in [0.1, 0.15) is 129 Å². The highest BCUT2D eigenvalue weighted by Crippen LogP contribution is 2.13. The molecule has 0 saturated heterocycles. The van der Waals surface area contributed by atoms with Gasteiger partial charge in [-0.15, -0.1) is 0 Å². The van der Waals surface area contributed by atoms with Crippen LogP contribution in [-0.4, -0.2) is 11.1 Å². The van der Waals surface area contributed by atoms with Gasteiger partial charge in [0.25, 0.3) is 0 Å². The lowest BCUT2D eigenvalue weighted by Gasteiger charge is -2.03. The molecule has 0 aliphatic rings. The lowest BCUT2D eigenvalue weighted by atomic mass is 10.0. The van der Waals surface area contributed by atoms with Crippen molar-refractivity contribution in [2.24, 2.45) is 0 Å². The van der Waals surface area contributed by atoms with Crippen LogP contribution in [0, 0.1) is 0 Å². The molecule has 0 saturated carbocycles. The first-order valence-electron chi connectivity index (χ1n) is 13.1. The van der Waals surface area contributed by atoms with Crippen LogP contribution in [0.3, 0.4) is 0 Å². The third-order valence-corrected chi connectivity index (χ3v) is 5.36. The van der Waals surface area contributed by atoms with E-state index < -0.39 is 5.97 Å². The molecule has 32 heavy (non-hydrogen) atoms. The SMILES string of the molecule is C=C(C)C(=O)O.C=Cc1ccccc1.CCCCCCCCCCCCCCCCCC. The van der Waals surface area contributed by atoms with E-state index in [4.69, 9.17) is 5.11 Å². The Labute approximate surface area is 200 Å². The average molecular weight is 445 g/mol. The molecule has 0 bridgehead atoms. The number of rotatable bonds is 17. The largest absolute Gasteiger partial charge is 0.478 e. The lowest BCUT2D eigenvalue weighted by Crippen LogP contribution is -1.92. The molecule has 2 nitrogen and oxygen atoms in total. The van der Waals surface area contributed by atoms with Gasteiger partial charge in [0.15, 0.2) is 0 Å². The van der Waals surface area contributed by atoms with Crippen molar-refractivity contribution < 1.29 is 9.90 Å². The molecule has 184 valence electrons. The molecular weight excluding hydrogens is 392 g/mol. The number of unbranched alkanes of at least 4 members (excludes halogenated alkanes) is 15. The molecule has 0 unspecified atom stereocenters. The highest BCUT2D eigenvalue weighted by Gasteiger charge is 1.93. The summed E-state index contributed by atoms with van der Waals surface area (Å²) < 4.78 is 0. The third-order valence-electron chi connectivity index (χ3n) is 5.36. The van der Waals surface area contributed by atoms with E-state index in [1.165, 1.54) is 115 Å². The summed E-state index contributed by atoms with van der Waals surface area (Å²) in [5.74, 6) is -0.935. The first-order chi connectivity index (χ1) is 15.5. The summed E-state index contributed by atoms with van der Waals surface area (Å²) in [6, 6.07) is 10.0. The lowest BCUT2D eigenvalue weighted by molar-refractivity contribution is -0.132. The van der Waals surface area contributed by atoms with E-state index in [2.05, 4.69) is 27.0 Å². The Morgan fingerprint density at radius 2 is 1.00 bits per heavy atom. The van der Waals surface area contributed by atoms with E-state index in [1.54, 1.807) is 0 Å². The second kappa shape index (κ2) is 27.2. The smallest absolute Gasteiger partial charge is 0.330 e. The van der Waals surface area contributed by atoms with Gasteiger partial charge in [-0.25, -0.2) is 4.79 Å². The van der Waals surface area contributed by atoms with E-state index in [-0.39, 0.29) is 5.57 Å². The molecule has 1 rings (SSSR count). The Morgan fingerprint density at radius 1 is 0.719 bits per heavy atom. The standard InChI is InChI=1S/C18H38.C8H8.C4H6O2/c1-3-5-7-9-11-13-15-17-18-16-14-12-10-8-6-4-2;1-2-8-6-4-3-5-7-8;1-3(2)4(5)6/h3-18H2,1-2H3;2-7H,1H2;1H2,2H3,(H,5,6). The van der Waals surface area contributed by atoms with Crippen LogP contribution in [0.4, 0.5) is 0 Å². The van der Waals surface area contributed by atoms with Crippen molar-refractivity contribution in [2.45, 2.75) is 124 Å². The highest BCUT2D eigenvalue weighted by atomic mass is 16.4. The molecule has 0 radical (unpaired) electrons. The topological polar surface area (TPSA) is 37.3 Å². The number of carboxylic acid groups (broad SMARTS) is 1. The van der Waals surface area contributed by atoms with Gasteiger partial charge in [-0.05, 0) is 12.5 Å². The molecule has 1 N–H and O–H groups in total. The fourth-order valence-corrected chi connectivity index (χ4v) is 3.21. The monoisotopic (exact) mass is 444 g/mol. The normalized spacial score (nSPS) is 9.72. The number of carboxylic acids is 1. The maximum absolute atomic E-state index is 9.60. The number of hydrogen-bond donors (Lipinski definition) is 1. The maximum Gasteiger partial charge on any atom is 0.330 e. The summed E-state index contributed by atoms with van der Waals surface area (Å²) in [4.78, 5) is 9.60. The van der Waals surface area contributed by atoms with Gasteiger partial charge >= 0.3 is 5.97 Å². The molecule has 2 heteroatoms. The van der Waals surface area contributed by atoms with Gasteiger partial charge in [-0.3, -0.25) is 0 Å². The number of aliphatic carboxylic acids is 1. The van der Waals surface area contributed by atoms with Crippen LogP contribution in [0.25, 0.3) is 6.08 Å². The molecule has 0 fully saturated rings. The Balaban J connectivity index is 0. The van der Waals surface area contributed by atoms with Crippen LogP contribution in [-0.2, 0) is 4.79 Å². The van der Waals surface area contributed by atoms with Crippen molar-refractivity contribution in [3.8, 4) is 0 Å². The molecule has 0 aliphatic heterocycles. The Hall–Kier alpha value is -1.83. The zero-order chi connectivity index (χ0) is 24.3. The van der Waals surface area contributed by atoms with E-state index >= 15 is 0 Å². The van der Waals surface area contributed by atoms with Gasteiger partial charge < -0.3 is 5.11 Å². The van der Waals surface area contributed by atoms with E-state index in [1.807, 2.05) is 36.4 Å². The molecule has 1 aromatic rings. The molecule has 0 aliphatic carbocycles. The first-order valence-corrected chi connectivity index (χ1v) is 13.1. The summed E-state index contributed by atoms with van der Waals surface area (Å²) in [5, 5.41) is 7.89. The summed E-state index contributed by atoms with van der Waals surface area (Å²) in [7, 11) is 0. The van der Waals surface area contributed by atoms with Crippen LogP contribution >= 0.6 is 0 Å². The molecule has 1 aromatic carbocycles. The second-order valence-corrected chi connectivity index (χ2v) is 8.65. The quantitative estimate of drug-likeness (QED) is 0.192. The summed E-state index contributed by atoms with van der Waals surface area (Å²) in [5.41, 5.74) is 1.35. The number of hydrogen-bond acceptors (Lipinski definition) is 1. The van der Waals surface area contributed by atoms with Crippen LogP contribution in [0.2, 0.25) is 0 Å². The molecule has 0 heterocycles. The fourth-order valence-electron chi connectivity index (χ4n) is 3.21. The minimum absolute atomic E-state index is 0.176. The van der Waals surface area contributed by atoms with Crippen molar-refractivity contribution in [2.75, 3.05) is 0 Å². The van der Waals surface area contributed by atoms with Crippen molar-refractivity contribution in [1.82, 2.24) is 0 Å². The molecule has 0 spiro atoms. The molecule has 0 atom stereocenters. The van der Waals surface area contributed by atoms with Gasteiger partial charge in [0.1, 0.15) is 0 Å². The van der Waals surface area contributed by atoms with Crippen molar-refractivity contribution >= 4 is 12.0 Å². The van der Waals surface area contributed by atoms with Gasteiger partial charge in [0, 0.05) is 5.57 Å². The summed E-state index contributed by atoms with van der Waals surface area (Å²) >= 11 is 0. The Bertz CT molecular complexity index is 505. The minimum Gasteiger partial charge on any atom is -0.478 e. The second-order valence-electron chi connectivity index (χ2n) is 8.65. The predicted octanol–water partition coefficient (Wildman–Crippen LogP) is 10.2. The summed E-state index contributed by atoms with van der Waals surface area (Å²) in [6.07, 6.45) is 25.2. The van der Waals surface area contributed by atoms with Gasteiger partial charge in [-0.2, -0.15) is 0 Å². The zero-order valence-electron chi connectivity index (χ0n) is 21.5. The third kappa shape index (κ3) is 28.2. The molecule has 0 amide bonds. The Morgan fingerprint density at radius 3 is 1.19 bits per heavy atom. The van der Waals surface area contributed by atoms with Crippen LogP contribution in [0.5, 0.6) is 0 Å². The minimum atomic E-state index is -0.935. The predicted molar refractivity (Wildman–Crippen MR) is 144 cm³/mol. The van der Waals surface area contributed by atoms with Crippen LogP contribution < -0.4 is 0 Å². The van der Waals surface area contributed by atoms with Gasteiger partial charge in [0.2, 0.25) is 0 Å². The first kappa shape index (κ1) is 32.4. The van der Waals surface area contributed by atoms with E-state index in [0.717, 1.165) is 0 Å². The van der Waals surface area contributed by atoms with Gasteiger partial charge in [0.05, 0.1) is 0 Å². The van der Waals surface area contributed by atoms with E-state index in [0.29, 0.717) is 0 Å². The molecular formula is C30H52O2. The van der Waals surface area contributed by atoms with E-state index in [9.17, 15) is 4.79 Å². The highest BCUT2D eigenvalue weighted by molar-refractivity contribution is 5.84. The van der Waals surface area contributed by atoms with Crippen molar-refractivity contribution in [3.63, 3.8) is 0 Å². The number of benzene rings is 1. The van der Waals surface area contributed by atoms with Crippen molar-refractivity contribution in [3.05, 3.63) is 54.6 Å². The Kier molecular flexibility index (Phi) is 27.5. The molecule has 0 aromatic heterocycles. The average Bonchev–Trinajstić information content (AvgIpc) is 2.80. The van der Waals surface area contributed by atoms with Crippen LogP contribution in [0.15, 0.2) is 49.1 Å². The van der Waals surface area contributed by atoms with Crippen molar-refractivity contribution in [1.29, 1.82) is 0 Å². The fraction of sp³-hybridized carbons (Fsp3) is 0.633. The van der Waals surface area contributed by atoms with Gasteiger partial charge in [-0.1, -0.05) is 166 Å². The number of carbonyl (C=O) groups is 1. The zero-order valence-corrected chi connectivity index (χ0v) is 21.5. The maximum atomic E-state index is 9.60. The summed E-state index contributed by atoms with van der Waals surface area (Å²) in [6.45, 7) is 12.8.